The van der Waals surface area contributed by atoms with Crippen LogP contribution >= 0.6 is 0 Å². The lowest BCUT2D eigenvalue weighted by atomic mass is 10.0. The molecule has 0 bridgehead atoms. The Hall–Kier alpha value is -2.99. The van der Waals surface area contributed by atoms with Gasteiger partial charge in [-0.05, 0) is 74.2 Å². The van der Waals surface area contributed by atoms with Gasteiger partial charge in [-0.1, -0.05) is 12.1 Å². The van der Waals surface area contributed by atoms with Crippen LogP contribution in [0.25, 0.3) is 0 Å². The topological polar surface area (TPSA) is 113 Å². The minimum Gasteiger partial charge on any atom is -0.497 e. The molecule has 0 heterocycles. The Labute approximate surface area is 219 Å². The van der Waals surface area contributed by atoms with Crippen molar-refractivity contribution in [2.24, 2.45) is 11.7 Å². The summed E-state index contributed by atoms with van der Waals surface area (Å²) < 4.78 is 64.8. The van der Waals surface area contributed by atoms with Crippen molar-refractivity contribution in [3.63, 3.8) is 0 Å². The quantitative estimate of drug-likeness (QED) is 0.176. The van der Waals surface area contributed by atoms with Crippen molar-refractivity contribution < 1.29 is 32.1 Å². The first kappa shape index (κ1) is 29.6. The van der Waals surface area contributed by atoms with Crippen LogP contribution in [0.2, 0.25) is 0 Å². The summed E-state index contributed by atoms with van der Waals surface area (Å²) in [5.41, 5.74) is 5.45. The van der Waals surface area contributed by atoms with Gasteiger partial charge in [-0.2, -0.15) is 13.2 Å². The highest BCUT2D eigenvalue weighted by Crippen LogP contribution is 2.30. The minimum absolute atomic E-state index is 0.160. The average molecular weight is 539 g/mol. The molecule has 2 aromatic carbocycles. The highest BCUT2D eigenvalue weighted by molar-refractivity contribution is 5.97. The van der Waals surface area contributed by atoms with E-state index in [4.69, 9.17) is 20.6 Å². The first-order valence-corrected chi connectivity index (χ1v) is 12.3. The Kier molecular flexibility index (Phi) is 10.3. The average Bonchev–Trinajstić information content (AvgIpc) is 3.71. The molecule has 0 spiro atoms. The number of anilines is 1. The standard InChI is InChI=1S/C27H34F4N4O3/c1-16(38-15-18-5-8-20(37-2)9-6-18)21-11-19(28)7-10-23(21)35-24(12-25(33)27(29,30)31)26(36)22(32)14-34-13-17-3-4-17/h5-12,16-17,22,26,33-36H,3-4,13-15,32H2,1-2H3/b24-12-,33-25?. The molecule has 1 fully saturated rings. The Morgan fingerprint density at radius 2 is 1.89 bits per heavy atom. The van der Waals surface area contributed by atoms with Crippen molar-refractivity contribution in [1.82, 2.24) is 5.32 Å². The summed E-state index contributed by atoms with van der Waals surface area (Å²) in [4.78, 5) is 0. The molecule has 1 aliphatic rings. The van der Waals surface area contributed by atoms with E-state index >= 15 is 0 Å². The number of aliphatic hydroxyl groups is 1. The number of methoxy groups -OCH3 is 1. The minimum atomic E-state index is -4.93. The van der Waals surface area contributed by atoms with E-state index in [1.807, 2.05) is 12.1 Å². The van der Waals surface area contributed by atoms with Gasteiger partial charge in [0, 0.05) is 29.5 Å². The van der Waals surface area contributed by atoms with Gasteiger partial charge in [0.1, 0.15) is 23.4 Å². The molecule has 3 unspecified atom stereocenters. The maximum atomic E-state index is 14.2. The lowest BCUT2D eigenvalue weighted by Crippen LogP contribution is -2.46. The van der Waals surface area contributed by atoms with Gasteiger partial charge in [-0.25, -0.2) is 4.39 Å². The third-order valence-electron chi connectivity index (χ3n) is 6.23. The van der Waals surface area contributed by atoms with Crippen LogP contribution in [-0.4, -0.2) is 49.3 Å². The van der Waals surface area contributed by atoms with Crippen LogP contribution in [-0.2, 0) is 11.3 Å². The molecule has 0 saturated heterocycles. The summed E-state index contributed by atoms with van der Waals surface area (Å²) >= 11 is 0. The zero-order valence-corrected chi connectivity index (χ0v) is 21.3. The van der Waals surface area contributed by atoms with Gasteiger partial charge in [0.15, 0.2) is 0 Å². The van der Waals surface area contributed by atoms with Gasteiger partial charge in [0.25, 0.3) is 0 Å². The molecule has 1 aliphatic carbocycles. The normalized spacial score (nSPS) is 16.6. The molecule has 3 atom stereocenters. The van der Waals surface area contributed by atoms with Crippen molar-refractivity contribution in [2.75, 3.05) is 25.5 Å². The molecule has 7 nitrogen and oxygen atoms in total. The first-order chi connectivity index (χ1) is 18.0. The summed E-state index contributed by atoms with van der Waals surface area (Å²) in [6.45, 7) is 2.72. The number of nitrogens with one attached hydrogen (secondary N) is 3. The van der Waals surface area contributed by atoms with Crippen LogP contribution in [0.1, 0.15) is 37.0 Å². The SMILES string of the molecule is COc1ccc(COC(C)c2cc(F)ccc2N/C(=C\C(=N)C(F)(F)F)C(O)C(N)CNCC2CC2)cc1. The molecule has 0 aliphatic heterocycles. The van der Waals surface area contributed by atoms with Crippen LogP contribution in [0.3, 0.4) is 0 Å². The second-order valence-electron chi connectivity index (χ2n) is 9.38. The van der Waals surface area contributed by atoms with Crippen molar-refractivity contribution >= 4 is 11.4 Å². The van der Waals surface area contributed by atoms with E-state index in [1.165, 1.54) is 12.1 Å². The van der Waals surface area contributed by atoms with E-state index in [0.717, 1.165) is 24.5 Å². The Morgan fingerprint density at radius 3 is 2.50 bits per heavy atom. The number of rotatable bonds is 14. The van der Waals surface area contributed by atoms with Crippen LogP contribution in [0.15, 0.2) is 54.2 Å². The van der Waals surface area contributed by atoms with Gasteiger partial charge >= 0.3 is 6.18 Å². The smallest absolute Gasteiger partial charge is 0.432 e. The number of halogens is 4. The zero-order valence-electron chi connectivity index (χ0n) is 21.3. The fourth-order valence-electron chi connectivity index (χ4n) is 3.72. The molecular formula is C27H34F4N4O3. The predicted molar refractivity (Wildman–Crippen MR) is 138 cm³/mol. The maximum absolute atomic E-state index is 14.2. The second kappa shape index (κ2) is 13.2. The van der Waals surface area contributed by atoms with Gasteiger partial charge in [-0.3, -0.25) is 5.41 Å². The molecule has 38 heavy (non-hydrogen) atoms. The van der Waals surface area contributed by atoms with Gasteiger partial charge in [0.2, 0.25) is 0 Å². The number of nitrogens with two attached hydrogens (primary N) is 1. The maximum Gasteiger partial charge on any atom is 0.432 e. The van der Waals surface area contributed by atoms with Crippen LogP contribution in [0.5, 0.6) is 5.75 Å². The van der Waals surface area contributed by atoms with Crippen LogP contribution in [0, 0.1) is 17.1 Å². The largest absolute Gasteiger partial charge is 0.497 e. The molecule has 208 valence electrons. The summed E-state index contributed by atoms with van der Waals surface area (Å²) in [5.74, 6) is 0.661. The number of alkyl halides is 3. The van der Waals surface area contributed by atoms with Crippen molar-refractivity contribution in [3.8, 4) is 5.75 Å². The van der Waals surface area contributed by atoms with E-state index in [0.29, 0.717) is 29.9 Å². The molecule has 0 radical (unpaired) electrons. The van der Waals surface area contributed by atoms with E-state index < -0.39 is 36.0 Å². The lowest BCUT2D eigenvalue weighted by molar-refractivity contribution is -0.0584. The molecular weight excluding hydrogens is 504 g/mol. The van der Waals surface area contributed by atoms with Crippen molar-refractivity contribution in [1.29, 1.82) is 5.41 Å². The van der Waals surface area contributed by atoms with E-state index in [2.05, 4.69) is 10.6 Å². The highest BCUT2D eigenvalue weighted by atomic mass is 19.4. The molecule has 11 heteroatoms. The fraction of sp³-hybridized carbons (Fsp3) is 0.444. The molecule has 3 rings (SSSR count). The third-order valence-corrected chi connectivity index (χ3v) is 6.23. The zero-order chi connectivity index (χ0) is 27.9. The number of ether oxygens (including phenoxy) is 2. The summed E-state index contributed by atoms with van der Waals surface area (Å²) in [7, 11) is 1.55. The molecule has 0 aromatic heterocycles. The Morgan fingerprint density at radius 1 is 1.21 bits per heavy atom. The number of hydrogen-bond acceptors (Lipinski definition) is 7. The lowest BCUT2D eigenvalue weighted by Gasteiger charge is -2.26. The van der Waals surface area contributed by atoms with E-state index in [9.17, 15) is 22.7 Å². The Balaban J connectivity index is 1.79. The summed E-state index contributed by atoms with van der Waals surface area (Å²) in [6.07, 6.45) is -4.45. The fourth-order valence-corrected chi connectivity index (χ4v) is 3.72. The number of hydrogen-bond donors (Lipinski definition) is 5. The van der Waals surface area contributed by atoms with Gasteiger partial charge < -0.3 is 30.9 Å². The monoisotopic (exact) mass is 538 g/mol. The molecule has 0 amide bonds. The van der Waals surface area contributed by atoms with Crippen molar-refractivity contribution in [3.05, 3.63) is 71.2 Å². The predicted octanol–water partition coefficient (Wildman–Crippen LogP) is 4.68. The van der Waals surface area contributed by atoms with Gasteiger partial charge in [-0.15, -0.1) is 0 Å². The second-order valence-corrected chi connectivity index (χ2v) is 9.38. The molecule has 6 N–H and O–H groups in total. The van der Waals surface area contributed by atoms with Crippen LogP contribution < -0.4 is 21.1 Å². The Bertz CT molecular complexity index is 1100. The summed E-state index contributed by atoms with van der Waals surface area (Å²) in [5, 5.41) is 24.1. The highest BCUT2D eigenvalue weighted by Gasteiger charge is 2.34. The summed E-state index contributed by atoms with van der Waals surface area (Å²) in [6, 6.07) is 9.90. The van der Waals surface area contributed by atoms with E-state index in [-0.39, 0.29) is 24.5 Å². The number of aliphatic hydroxyl groups excluding tert-OH is 1. The number of allylic oxidation sites excluding steroid dienone is 1. The first-order valence-electron chi connectivity index (χ1n) is 12.3. The third kappa shape index (κ3) is 8.80. The van der Waals surface area contributed by atoms with Gasteiger partial charge in [0.05, 0.1) is 19.8 Å². The van der Waals surface area contributed by atoms with Crippen LogP contribution in [0.4, 0.5) is 23.2 Å². The molecule has 2 aromatic rings. The number of benzene rings is 2. The molecule has 1 saturated carbocycles. The van der Waals surface area contributed by atoms with Crippen molar-refractivity contribution in [2.45, 2.75) is 50.8 Å². The van der Waals surface area contributed by atoms with E-state index in [1.54, 1.807) is 26.2 Å².